The van der Waals surface area contributed by atoms with Gasteiger partial charge in [0.1, 0.15) is 0 Å². The lowest BCUT2D eigenvalue weighted by atomic mass is 10.1. The van der Waals surface area contributed by atoms with Gasteiger partial charge in [0.15, 0.2) is 0 Å². The van der Waals surface area contributed by atoms with Crippen LogP contribution in [-0.2, 0) is 11.3 Å². The SMILES string of the molecule is O=C(N[C@@H](CO)c1ccccc1)c1ccc(CN2CCCC2=O)cc1. The van der Waals surface area contributed by atoms with Crippen LogP contribution in [-0.4, -0.2) is 35.0 Å². The summed E-state index contributed by atoms with van der Waals surface area (Å²) in [5, 5.41) is 12.4. The monoisotopic (exact) mass is 338 g/mol. The third kappa shape index (κ3) is 4.25. The van der Waals surface area contributed by atoms with Crippen molar-refractivity contribution >= 4 is 11.8 Å². The summed E-state index contributed by atoms with van der Waals surface area (Å²) in [6, 6.07) is 16.2. The van der Waals surface area contributed by atoms with E-state index in [-0.39, 0.29) is 18.4 Å². The molecule has 130 valence electrons. The number of carbonyl (C=O) groups is 2. The third-order valence-electron chi connectivity index (χ3n) is 4.45. The van der Waals surface area contributed by atoms with E-state index in [4.69, 9.17) is 0 Å². The van der Waals surface area contributed by atoms with Gasteiger partial charge in [0.2, 0.25) is 5.91 Å². The zero-order chi connectivity index (χ0) is 17.6. The fourth-order valence-electron chi connectivity index (χ4n) is 3.01. The normalized spacial score (nSPS) is 15.2. The molecular weight excluding hydrogens is 316 g/mol. The van der Waals surface area contributed by atoms with Crippen molar-refractivity contribution in [1.82, 2.24) is 10.2 Å². The first-order valence-corrected chi connectivity index (χ1v) is 8.51. The first kappa shape index (κ1) is 17.2. The lowest BCUT2D eigenvalue weighted by molar-refractivity contribution is -0.128. The minimum Gasteiger partial charge on any atom is -0.394 e. The number of amides is 2. The maximum atomic E-state index is 12.4. The Labute approximate surface area is 147 Å². The molecule has 2 aromatic rings. The maximum absolute atomic E-state index is 12.4. The molecule has 0 aromatic heterocycles. The molecule has 0 unspecified atom stereocenters. The first-order valence-electron chi connectivity index (χ1n) is 8.51. The highest BCUT2D eigenvalue weighted by molar-refractivity contribution is 5.94. The molecule has 1 saturated heterocycles. The summed E-state index contributed by atoms with van der Waals surface area (Å²) in [4.78, 5) is 25.9. The summed E-state index contributed by atoms with van der Waals surface area (Å²) in [5.41, 5.74) is 2.40. The van der Waals surface area contributed by atoms with Crippen molar-refractivity contribution < 1.29 is 14.7 Å². The van der Waals surface area contributed by atoms with Gasteiger partial charge in [-0.2, -0.15) is 0 Å². The summed E-state index contributed by atoms with van der Waals surface area (Å²) >= 11 is 0. The van der Waals surface area contributed by atoms with Crippen LogP contribution in [0.5, 0.6) is 0 Å². The topological polar surface area (TPSA) is 69.6 Å². The summed E-state index contributed by atoms with van der Waals surface area (Å²) in [6.07, 6.45) is 1.55. The van der Waals surface area contributed by atoms with Gasteiger partial charge >= 0.3 is 0 Å². The highest BCUT2D eigenvalue weighted by atomic mass is 16.3. The van der Waals surface area contributed by atoms with E-state index in [1.807, 2.05) is 47.4 Å². The van der Waals surface area contributed by atoms with E-state index in [1.165, 1.54) is 0 Å². The van der Waals surface area contributed by atoms with Crippen LogP contribution in [0, 0.1) is 0 Å². The second kappa shape index (κ2) is 7.94. The van der Waals surface area contributed by atoms with Gasteiger partial charge in [-0.1, -0.05) is 42.5 Å². The van der Waals surface area contributed by atoms with Gasteiger partial charge in [0, 0.05) is 25.1 Å². The summed E-state index contributed by atoms with van der Waals surface area (Å²) in [5.74, 6) is -0.0397. The number of carbonyl (C=O) groups excluding carboxylic acids is 2. The van der Waals surface area contributed by atoms with Gasteiger partial charge in [-0.25, -0.2) is 0 Å². The summed E-state index contributed by atoms with van der Waals surface area (Å²) < 4.78 is 0. The highest BCUT2D eigenvalue weighted by Crippen LogP contribution is 2.16. The number of rotatable bonds is 6. The third-order valence-corrected chi connectivity index (χ3v) is 4.45. The van der Waals surface area contributed by atoms with E-state index in [9.17, 15) is 14.7 Å². The van der Waals surface area contributed by atoms with Crippen molar-refractivity contribution in [3.8, 4) is 0 Å². The highest BCUT2D eigenvalue weighted by Gasteiger charge is 2.20. The fraction of sp³-hybridized carbons (Fsp3) is 0.300. The molecule has 0 spiro atoms. The van der Waals surface area contributed by atoms with Gasteiger partial charge in [-0.15, -0.1) is 0 Å². The van der Waals surface area contributed by atoms with E-state index in [2.05, 4.69) is 5.32 Å². The van der Waals surface area contributed by atoms with Crippen LogP contribution in [0.25, 0.3) is 0 Å². The number of hydrogen-bond acceptors (Lipinski definition) is 3. The van der Waals surface area contributed by atoms with E-state index < -0.39 is 6.04 Å². The van der Waals surface area contributed by atoms with E-state index in [0.29, 0.717) is 18.5 Å². The van der Waals surface area contributed by atoms with Crippen LogP contribution >= 0.6 is 0 Å². The lowest BCUT2D eigenvalue weighted by Crippen LogP contribution is -2.30. The van der Waals surface area contributed by atoms with Gasteiger partial charge < -0.3 is 15.3 Å². The zero-order valence-corrected chi connectivity index (χ0v) is 14.0. The molecule has 0 aliphatic carbocycles. The molecule has 1 heterocycles. The Morgan fingerprint density at radius 1 is 1.12 bits per heavy atom. The molecule has 2 amide bonds. The largest absolute Gasteiger partial charge is 0.394 e. The molecule has 3 rings (SSSR count). The number of aliphatic hydroxyl groups is 1. The molecule has 1 atom stereocenters. The van der Waals surface area contributed by atoms with Crippen LogP contribution < -0.4 is 5.32 Å². The Balaban J connectivity index is 1.63. The standard InChI is InChI=1S/C20H22N2O3/c23-14-18(16-5-2-1-3-6-16)21-20(25)17-10-8-15(9-11-17)13-22-12-4-7-19(22)24/h1-3,5-6,8-11,18,23H,4,7,12-14H2,(H,21,25)/t18-/m0/s1. The molecule has 1 aliphatic rings. The summed E-state index contributed by atoms with van der Waals surface area (Å²) in [7, 11) is 0. The number of nitrogens with one attached hydrogen (secondary N) is 1. The minimum absolute atomic E-state index is 0.162. The molecule has 1 aliphatic heterocycles. The maximum Gasteiger partial charge on any atom is 0.251 e. The van der Waals surface area contributed by atoms with E-state index in [1.54, 1.807) is 12.1 Å². The van der Waals surface area contributed by atoms with Crippen molar-refractivity contribution in [3.63, 3.8) is 0 Å². The zero-order valence-electron chi connectivity index (χ0n) is 14.0. The van der Waals surface area contributed by atoms with Crippen LogP contribution in [0.1, 0.15) is 40.4 Å². The van der Waals surface area contributed by atoms with Crippen molar-refractivity contribution in [3.05, 3.63) is 71.3 Å². The minimum atomic E-state index is -0.435. The van der Waals surface area contributed by atoms with Gasteiger partial charge in [-0.3, -0.25) is 9.59 Å². The lowest BCUT2D eigenvalue weighted by Gasteiger charge is -2.17. The smallest absolute Gasteiger partial charge is 0.251 e. The number of nitrogens with zero attached hydrogens (tertiary/aromatic N) is 1. The van der Waals surface area contributed by atoms with Gasteiger partial charge in [0.05, 0.1) is 12.6 Å². The Bertz CT molecular complexity index is 728. The number of likely N-dealkylation sites (tertiary alicyclic amines) is 1. The summed E-state index contributed by atoms with van der Waals surface area (Å²) in [6.45, 7) is 1.23. The molecule has 25 heavy (non-hydrogen) atoms. The Morgan fingerprint density at radius 2 is 1.84 bits per heavy atom. The molecule has 2 N–H and O–H groups in total. The van der Waals surface area contributed by atoms with Crippen molar-refractivity contribution in [2.45, 2.75) is 25.4 Å². The van der Waals surface area contributed by atoms with E-state index in [0.717, 1.165) is 24.1 Å². The Kier molecular flexibility index (Phi) is 5.46. The van der Waals surface area contributed by atoms with Crippen LogP contribution in [0.3, 0.4) is 0 Å². The molecular formula is C20H22N2O3. The second-order valence-corrected chi connectivity index (χ2v) is 6.24. The quantitative estimate of drug-likeness (QED) is 0.849. The van der Waals surface area contributed by atoms with Gasteiger partial charge in [-0.05, 0) is 29.7 Å². The molecule has 0 radical (unpaired) electrons. The van der Waals surface area contributed by atoms with Crippen LogP contribution in [0.2, 0.25) is 0 Å². The first-order chi connectivity index (χ1) is 12.2. The van der Waals surface area contributed by atoms with E-state index >= 15 is 0 Å². The fourth-order valence-corrected chi connectivity index (χ4v) is 3.01. The Morgan fingerprint density at radius 3 is 2.44 bits per heavy atom. The average molecular weight is 338 g/mol. The predicted molar refractivity (Wildman–Crippen MR) is 94.8 cm³/mol. The van der Waals surface area contributed by atoms with Gasteiger partial charge in [0.25, 0.3) is 5.91 Å². The van der Waals surface area contributed by atoms with Crippen molar-refractivity contribution in [2.24, 2.45) is 0 Å². The van der Waals surface area contributed by atoms with Crippen molar-refractivity contribution in [1.29, 1.82) is 0 Å². The molecule has 0 saturated carbocycles. The molecule has 1 fully saturated rings. The second-order valence-electron chi connectivity index (χ2n) is 6.24. The predicted octanol–water partition coefficient (Wildman–Crippen LogP) is 2.27. The number of hydrogen-bond donors (Lipinski definition) is 2. The van der Waals surface area contributed by atoms with Crippen molar-refractivity contribution in [2.75, 3.05) is 13.2 Å². The number of aliphatic hydroxyl groups excluding tert-OH is 1. The van der Waals surface area contributed by atoms with Crippen LogP contribution in [0.4, 0.5) is 0 Å². The van der Waals surface area contributed by atoms with Crippen LogP contribution in [0.15, 0.2) is 54.6 Å². The molecule has 0 bridgehead atoms. The number of benzene rings is 2. The average Bonchev–Trinajstić information content (AvgIpc) is 3.05. The Hall–Kier alpha value is -2.66. The molecule has 2 aromatic carbocycles. The molecule has 5 heteroatoms. The molecule has 5 nitrogen and oxygen atoms in total.